The van der Waals surface area contributed by atoms with Crippen LogP contribution in [-0.2, 0) is 11.9 Å². The number of benzene rings is 1. The molecule has 5 heteroatoms. The number of carbonyl (C=O) groups is 1. The maximum absolute atomic E-state index is 11.9. The van der Waals surface area contributed by atoms with Crippen molar-refractivity contribution in [1.82, 2.24) is 10.3 Å². The van der Waals surface area contributed by atoms with Gasteiger partial charge in [0.1, 0.15) is 0 Å². The number of aromatic nitrogens is 1. The molecule has 1 heterocycles. The summed E-state index contributed by atoms with van der Waals surface area (Å²) in [7, 11) is 0. The second-order valence-corrected chi connectivity index (χ2v) is 5.74. The Morgan fingerprint density at radius 1 is 1.39 bits per heavy atom. The van der Waals surface area contributed by atoms with Gasteiger partial charge in [-0.25, -0.2) is 4.98 Å². The normalized spacial score (nSPS) is 10.3. The molecule has 2 rings (SSSR count). The molecule has 94 valence electrons. The number of nitrogens with one attached hydrogen (secondary N) is 1. The summed E-state index contributed by atoms with van der Waals surface area (Å²) >= 11 is 4.98. The van der Waals surface area contributed by atoms with Crippen molar-refractivity contribution in [2.24, 2.45) is 0 Å². The van der Waals surface area contributed by atoms with Gasteiger partial charge in [-0.2, -0.15) is 0 Å². The van der Waals surface area contributed by atoms with Gasteiger partial charge in [-0.1, -0.05) is 28.1 Å². The largest absolute Gasteiger partial charge is 0.347 e. The summed E-state index contributed by atoms with van der Waals surface area (Å²) in [5.74, 6) is -0.0535. The van der Waals surface area contributed by atoms with Crippen LogP contribution < -0.4 is 5.32 Å². The van der Waals surface area contributed by atoms with Crippen molar-refractivity contribution in [3.05, 3.63) is 51.5 Å². The Kier molecular flexibility index (Phi) is 4.49. The molecule has 1 N–H and O–H groups in total. The molecule has 1 amide bonds. The Morgan fingerprint density at radius 3 is 2.67 bits per heavy atom. The SMILES string of the molecule is Cc1ncc(CNC(=O)c2ccc(CBr)cc2)s1. The fraction of sp³-hybridized carbons (Fsp3) is 0.231. The maximum Gasteiger partial charge on any atom is 0.251 e. The second kappa shape index (κ2) is 6.11. The zero-order valence-electron chi connectivity index (χ0n) is 9.94. The van der Waals surface area contributed by atoms with Crippen molar-refractivity contribution in [2.45, 2.75) is 18.8 Å². The first kappa shape index (κ1) is 13.2. The van der Waals surface area contributed by atoms with Gasteiger partial charge in [-0.3, -0.25) is 4.79 Å². The third-order valence-corrected chi connectivity index (χ3v) is 4.02. The van der Waals surface area contributed by atoms with E-state index in [1.165, 1.54) is 0 Å². The molecule has 0 atom stereocenters. The summed E-state index contributed by atoms with van der Waals surface area (Å²) < 4.78 is 0. The van der Waals surface area contributed by atoms with Crippen molar-refractivity contribution in [3.63, 3.8) is 0 Å². The Balaban J connectivity index is 1.94. The minimum absolute atomic E-state index is 0.0535. The van der Waals surface area contributed by atoms with E-state index in [1.54, 1.807) is 17.5 Å². The van der Waals surface area contributed by atoms with Crippen LogP contribution in [0.2, 0.25) is 0 Å². The van der Waals surface area contributed by atoms with Crippen LogP contribution in [0.15, 0.2) is 30.5 Å². The Morgan fingerprint density at radius 2 is 2.11 bits per heavy atom. The second-order valence-electron chi connectivity index (χ2n) is 3.86. The Hall–Kier alpha value is -1.20. The van der Waals surface area contributed by atoms with Gasteiger partial charge in [-0.05, 0) is 24.6 Å². The van der Waals surface area contributed by atoms with Crippen LogP contribution in [0, 0.1) is 6.92 Å². The molecule has 0 radical (unpaired) electrons. The van der Waals surface area contributed by atoms with Crippen molar-refractivity contribution in [3.8, 4) is 0 Å². The summed E-state index contributed by atoms with van der Waals surface area (Å²) in [6, 6.07) is 7.56. The van der Waals surface area contributed by atoms with Gasteiger partial charge in [-0.15, -0.1) is 11.3 Å². The number of amides is 1. The molecule has 1 aromatic carbocycles. The van der Waals surface area contributed by atoms with Gasteiger partial charge in [0.05, 0.1) is 11.6 Å². The lowest BCUT2D eigenvalue weighted by molar-refractivity contribution is 0.0951. The average Bonchev–Trinajstić information content (AvgIpc) is 2.82. The highest BCUT2D eigenvalue weighted by atomic mass is 79.9. The number of aryl methyl sites for hydroxylation is 1. The number of hydrogen-bond donors (Lipinski definition) is 1. The van der Waals surface area contributed by atoms with Crippen molar-refractivity contribution in [1.29, 1.82) is 0 Å². The van der Waals surface area contributed by atoms with Crippen LogP contribution in [0.3, 0.4) is 0 Å². The van der Waals surface area contributed by atoms with E-state index in [4.69, 9.17) is 0 Å². The molecular formula is C13H13BrN2OS. The number of carbonyl (C=O) groups excluding carboxylic acids is 1. The van der Waals surface area contributed by atoms with E-state index in [1.807, 2.05) is 31.2 Å². The molecule has 0 fully saturated rings. The summed E-state index contributed by atoms with van der Waals surface area (Å²) in [5.41, 5.74) is 1.84. The van der Waals surface area contributed by atoms with E-state index >= 15 is 0 Å². The number of thiazole rings is 1. The first-order valence-electron chi connectivity index (χ1n) is 5.53. The van der Waals surface area contributed by atoms with Gasteiger partial charge in [0.2, 0.25) is 0 Å². The Bertz CT molecular complexity index is 536. The van der Waals surface area contributed by atoms with Crippen LogP contribution in [0.4, 0.5) is 0 Å². The quantitative estimate of drug-likeness (QED) is 0.877. The molecule has 0 aliphatic heterocycles. The van der Waals surface area contributed by atoms with Gasteiger partial charge < -0.3 is 5.32 Å². The number of alkyl halides is 1. The zero-order chi connectivity index (χ0) is 13.0. The van der Waals surface area contributed by atoms with E-state index in [-0.39, 0.29) is 5.91 Å². The monoisotopic (exact) mass is 324 g/mol. The lowest BCUT2D eigenvalue weighted by Gasteiger charge is -2.04. The number of rotatable bonds is 4. The van der Waals surface area contributed by atoms with Crippen molar-refractivity contribution < 1.29 is 4.79 Å². The van der Waals surface area contributed by atoms with Crippen molar-refractivity contribution in [2.75, 3.05) is 0 Å². The third-order valence-electron chi connectivity index (χ3n) is 2.46. The predicted molar refractivity (Wildman–Crippen MR) is 77.1 cm³/mol. The van der Waals surface area contributed by atoms with Gasteiger partial charge in [0.15, 0.2) is 0 Å². The standard InChI is InChI=1S/C13H13BrN2OS/c1-9-15-7-12(18-9)8-16-13(17)11-4-2-10(6-14)3-5-11/h2-5,7H,6,8H2,1H3,(H,16,17). The molecule has 0 saturated carbocycles. The minimum atomic E-state index is -0.0535. The van der Waals surface area contributed by atoms with Gasteiger partial charge in [0, 0.05) is 22.0 Å². The predicted octanol–water partition coefficient (Wildman–Crippen LogP) is 3.28. The summed E-state index contributed by atoms with van der Waals surface area (Å²) in [6.45, 7) is 2.49. The van der Waals surface area contributed by atoms with E-state index < -0.39 is 0 Å². The smallest absolute Gasteiger partial charge is 0.251 e. The zero-order valence-corrected chi connectivity index (χ0v) is 12.3. The van der Waals surface area contributed by atoms with Crippen LogP contribution in [0.5, 0.6) is 0 Å². The minimum Gasteiger partial charge on any atom is -0.347 e. The summed E-state index contributed by atoms with van der Waals surface area (Å²) in [4.78, 5) is 17.1. The van der Waals surface area contributed by atoms with E-state index in [0.29, 0.717) is 12.1 Å². The van der Waals surface area contributed by atoms with E-state index in [9.17, 15) is 4.79 Å². The molecule has 0 unspecified atom stereocenters. The number of halogens is 1. The lowest BCUT2D eigenvalue weighted by atomic mass is 10.1. The third kappa shape index (κ3) is 3.40. The molecule has 2 aromatic rings. The first-order chi connectivity index (χ1) is 8.69. The Labute approximate surface area is 118 Å². The molecule has 0 aliphatic carbocycles. The highest BCUT2D eigenvalue weighted by Gasteiger charge is 2.06. The summed E-state index contributed by atoms with van der Waals surface area (Å²) in [6.07, 6.45) is 1.80. The van der Waals surface area contributed by atoms with Crippen LogP contribution in [0.25, 0.3) is 0 Å². The molecular weight excluding hydrogens is 312 g/mol. The average molecular weight is 325 g/mol. The van der Waals surface area contributed by atoms with Crippen LogP contribution in [0.1, 0.15) is 25.8 Å². The molecule has 0 saturated heterocycles. The number of hydrogen-bond acceptors (Lipinski definition) is 3. The molecule has 3 nitrogen and oxygen atoms in total. The molecule has 0 aliphatic rings. The molecule has 1 aromatic heterocycles. The van der Waals surface area contributed by atoms with Crippen molar-refractivity contribution >= 4 is 33.2 Å². The number of nitrogens with zero attached hydrogens (tertiary/aromatic N) is 1. The summed E-state index contributed by atoms with van der Waals surface area (Å²) in [5, 5.41) is 4.70. The maximum atomic E-state index is 11.9. The fourth-order valence-electron chi connectivity index (χ4n) is 1.50. The van der Waals surface area contributed by atoms with Gasteiger partial charge >= 0.3 is 0 Å². The highest BCUT2D eigenvalue weighted by Crippen LogP contribution is 2.12. The van der Waals surface area contributed by atoms with E-state index in [2.05, 4.69) is 26.2 Å². The van der Waals surface area contributed by atoms with Crippen LogP contribution in [-0.4, -0.2) is 10.9 Å². The van der Waals surface area contributed by atoms with E-state index in [0.717, 1.165) is 20.8 Å². The highest BCUT2D eigenvalue weighted by molar-refractivity contribution is 9.08. The molecule has 0 bridgehead atoms. The molecule has 18 heavy (non-hydrogen) atoms. The molecule has 0 spiro atoms. The first-order valence-corrected chi connectivity index (χ1v) is 7.47. The van der Waals surface area contributed by atoms with Gasteiger partial charge in [0.25, 0.3) is 5.91 Å². The van der Waals surface area contributed by atoms with Crippen LogP contribution >= 0.6 is 27.3 Å². The topological polar surface area (TPSA) is 42.0 Å². The fourth-order valence-corrected chi connectivity index (χ4v) is 2.61. The lowest BCUT2D eigenvalue weighted by Crippen LogP contribution is -2.22.